The summed E-state index contributed by atoms with van der Waals surface area (Å²) in [5.74, 6) is 0.602. The predicted molar refractivity (Wildman–Crippen MR) is 235 cm³/mol. The minimum absolute atomic E-state index is 0.602. The fraction of sp³-hybridized carbons (Fsp3) is 0. The lowest BCUT2D eigenvalue weighted by molar-refractivity contribution is 0.617. The lowest BCUT2D eigenvalue weighted by Crippen LogP contribution is -2.09. The largest absolute Gasteiger partial charge is 0.455 e. The molecule has 2 heterocycles. The third-order valence-electron chi connectivity index (χ3n) is 10.9. The highest BCUT2D eigenvalue weighted by Crippen LogP contribution is 2.41. The molecule has 0 N–H and O–H groups in total. The number of anilines is 3. The monoisotopic (exact) mass is 730 g/mol. The van der Waals surface area contributed by atoms with E-state index in [0.29, 0.717) is 11.5 Å². The molecule has 0 saturated carbocycles. The summed E-state index contributed by atoms with van der Waals surface area (Å²) < 4.78 is 12.8. The van der Waals surface area contributed by atoms with Gasteiger partial charge in [0.1, 0.15) is 16.7 Å². The lowest BCUT2D eigenvalue weighted by atomic mass is 9.98. The van der Waals surface area contributed by atoms with Gasteiger partial charge in [0.2, 0.25) is 5.89 Å². The molecule has 0 bridgehead atoms. The second kappa shape index (κ2) is 13.6. The van der Waals surface area contributed by atoms with Crippen LogP contribution in [0.3, 0.4) is 0 Å². The summed E-state index contributed by atoms with van der Waals surface area (Å²) in [5.41, 5.74) is 14.2. The van der Waals surface area contributed by atoms with Crippen molar-refractivity contribution in [2.24, 2.45) is 0 Å². The van der Waals surface area contributed by atoms with Crippen LogP contribution in [0.5, 0.6) is 0 Å². The van der Waals surface area contributed by atoms with Gasteiger partial charge in [0.25, 0.3) is 0 Å². The number of nitrogens with zero attached hydrogens (tertiary/aromatic N) is 2. The van der Waals surface area contributed by atoms with Gasteiger partial charge in [0.05, 0.1) is 0 Å². The number of aromatic nitrogens is 1. The maximum atomic E-state index is 6.60. The summed E-state index contributed by atoms with van der Waals surface area (Å²) in [5, 5.41) is 4.55. The molecule has 0 aliphatic carbocycles. The highest BCUT2D eigenvalue weighted by atomic mass is 16.4. The van der Waals surface area contributed by atoms with Gasteiger partial charge in [0.15, 0.2) is 5.58 Å². The van der Waals surface area contributed by atoms with Crippen LogP contribution in [-0.2, 0) is 0 Å². The van der Waals surface area contributed by atoms with Crippen LogP contribution in [0.4, 0.5) is 17.1 Å². The maximum Gasteiger partial charge on any atom is 0.227 e. The van der Waals surface area contributed by atoms with Gasteiger partial charge in [-0.25, -0.2) is 4.98 Å². The summed E-state index contributed by atoms with van der Waals surface area (Å²) in [6, 6.07) is 72.4. The van der Waals surface area contributed by atoms with Crippen LogP contribution in [0.25, 0.3) is 88.6 Å². The molecular formula is C53H34N2O2. The van der Waals surface area contributed by atoms with Gasteiger partial charge in [-0.2, -0.15) is 0 Å². The van der Waals surface area contributed by atoms with Crippen LogP contribution >= 0.6 is 0 Å². The molecule has 0 aliphatic heterocycles. The smallest absolute Gasteiger partial charge is 0.227 e. The van der Waals surface area contributed by atoms with Crippen molar-refractivity contribution in [3.8, 4) is 44.8 Å². The quantitative estimate of drug-likeness (QED) is 0.164. The number of para-hydroxylation sites is 1. The molecule has 4 nitrogen and oxygen atoms in total. The molecular weight excluding hydrogens is 697 g/mol. The first-order chi connectivity index (χ1) is 28.2. The molecule has 0 atom stereocenters. The number of furan rings is 1. The fourth-order valence-corrected chi connectivity index (χ4v) is 8.09. The first kappa shape index (κ1) is 32.7. The number of benzene rings is 9. The molecule has 0 amide bonds. The minimum Gasteiger partial charge on any atom is -0.455 e. The van der Waals surface area contributed by atoms with Gasteiger partial charge >= 0.3 is 0 Å². The Labute approximate surface area is 329 Å². The van der Waals surface area contributed by atoms with Gasteiger partial charge in [0, 0.05) is 45.0 Å². The summed E-state index contributed by atoms with van der Waals surface area (Å²) in [7, 11) is 0. The Bertz CT molecular complexity index is 3200. The molecule has 0 radical (unpaired) electrons. The third kappa shape index (κ3) is 5.83. The average molecular weight is 731 g/mol. The Morgan fingerprint density at radius 3 is 1.58 bits per heavy atom. The molecule has 57 heavy (non-hydrogen) atoms. The molecule has 0 saturated heterocycles. The van der Waals surface area contributed by atoms with E-state index in [0.717, 1.165) is 61.2 Å². The second-order valence-electron chi connectivity index (χ2n) is 14.4. The highest BCUT2D eigenvalue weighted by Gasteiger charge is 2.18. The van der Waals surface area contributed by atoms with Crippen molar-refractivity contribution < 1.29 is 8.83 Å². The van der Waals surface area contributed by atoms with Gasteiger partial charge in [-0.15, -0.1) is 0 Å². The fourth-order valence-electron chi connectivity index (χ4n) is 8.09. The third-order valence-corrected chi connectivity index (χ3v) is 10.9. The summed E-state index contributed by atoms with van der Waals surface area (Å²) in [6.07, 6.45) is 0. The van der Waals surface area contributed by atoms with Crippen LogP contribution in [0, 0.1) is 0 Å². The summed E-state index contributed by atoms with van der Waals surface area (Å²) in [6.45, 7) is 0. The van der Waals surface area contributed by atoms with Crippen molar-refractivity contribution in [2.45, 2.75) is 0 Å². The zero-order chi connectivity index (χ0) is 37.7. The van der Waals surface area contributed by atoms with E-state index in [2.05, 4.69) is 175 Å². The van der Waals surface area contributed by atoms with E-state index >= 15 is 0 Å². The van der Waals surface area contributed by atoms with Crippen LogP contribution in [-0.4, -0.2) is 4.98 Å². The second-order valence-corrected chi connectivity index (χ2v) is 14.4. The first-order valence-electron chi connectivity index (χ1n) is 19.2. The van der Waals surface area contributed by atoms with Crippen LogP contribution in [0.2, 0.25) is 0 Å². The molecule has 2 aromatic heterocycles. The van der Waals surface area contributed by atoms with Crippen molar-refractivity contribution in [3.63, 3.8) is 0 Å². The first-order valence-corrected chi connectivity index (χ1v) is 19.2. The summed E-state index contributed by atoms with van der Waals surface area (Å²) in [4.78, 5) is 7.13. The Hall–Kier alpha value is -7.69. The van der Waals surface area contributed by atoms with Crippen LogP contribution in [0.1, 0.15) is 0 Å². The van der Waals surface area contributed by atoms with E-state index in [-0.39, 0.29) is 0 Å². The molecule has 0 unspecified atom stereocenters. The van der Waals surface area contributed by atoms with Crippen molar-refractivity contribution >= 4 is 60.9 Å². The zero-order valence-electron chi connectivity index (χ0n) is 30.8. The van der Waals surface area contributed by atoms with Crippen LogP contribution in [0.15, 0.2) is 215 Å². The van der Waals surface area contributed by atoms with E-state index in [4.69, 9.17) is 13.8 Å². The van der Waals surface area contributed by atoms with E-state index < -0.39 is 0 Å². The normalized spacial score (nSPS) is 11.5. The molecule has 0 aliphatic rings. The number of rotatable bonds is 7. The lowest BCUT2D eigenvalue weighted by Gasteiger charge is -2.26. The van der Waals surface area contributed by atoms with Gasteiger partial charge in [-0.1, -0.05) is 146 Å². The van der Waals surface area contributed by atoms with Crippen LogP contribution < -0.4 is 4.90 Å². The molecule has 4 heteroatoms. The highest BCUT2D eigenvalue weighted by molar-refractivity contribution is 6.12. The average Bonchev–Trinajstić information content (AvgIpc) is 3.87. The van der Waals surface area contributed by atoms with E-state index in [1.165, 1.54) is 33.0 Å². The maximum absolute atomic E-state index is 6.60. The number of fused-ring (bicyclic) bond motifs is 5. The molecule has 0 spiro atoms. The van der Waals surface area contributed by atoms with Gasteiger partial charge < -0.3 is 13.7 Å². The molecule has 0 fully saturated rings. The molecule has 9 aromatic carbocycles. The van der Waals surface area contributed by atoms with E-state index in [9.17, 15) is 0 Å². The number of oxazole rings is 1. The van der Waals surface area contributed by atoms with E-state index in [1.54, 1.807) is 0 Å². The Balaban J connectivity index is 0.970. The Kier molecular flexibility index (Phi) is 7.78. The molecule has 268 valence electrons. The van der Waals surface area contributed by atoms with Crippen molar-refractivity contribution in [2.75, 3.05) is 4.90 Å². The SMILES string of the molecule is c1ccc(-c2ccc(N(c3ccc(-c4cccc5ccccc45)cc3)c3ccc(-c4cccc5c4oc4cc6oc(-c7ccccc7)nc6cc45)cc3)cc2)cc1. The Morgan fingerprint density at radius 2 is 0.877 bits per heavy atom. The van der Waals surface area contributed by atoms with Crippen molar-refractivity contribution in [3.05, 3.63) is 206 Å². The predicted octanol–water partition coefficient (Wildman–Crippen LogP) is 15.0. The zero-order valence-corrected chi connectivity index (χ0v) is 30.8. The standard InChI is InChI=1S/C53H34N2O2/c1-3-11-35(12-4-1)36-21-27-41(28-22-36)55(42-29-23-38(24-30-42)45-18-9-16-37-13-7-8-17-44(37)45)43-31-25-39(26-32-43)46-19-10-20-47-48-33-49-51(34-50(48)56-52(46)47)57-53(54-49)40-14-5-2-6-15-40/h1-34H. The molecule has 11 rings (SSSR count). The molecule has 11 aromatic rings. The van der Waals surface area contributed by atoms with Gasteiger partial charge in [-0.05, 0) is 93.2 Å². The topological polar surface area (TPSA) is 42.4 Å². The minimum atomic E-state index is 0.602. The van der Waals surface area contributed by atoms with Crippen molar-refractivity contribution in [1.29, 1.82) is 0 Å². The Morgan fingerprint density at radius 1 is 0.351 bits per heavy atom. The van der Waals surface area contributed by atoms with Gasteiger partial charge in [-0.3, -0.25) is 0 Å². The summed E-state index contributed by atoms with van der Waals surface area (Å²) >= 11 is 0. The van der Waals surface area contributed by atoms with E-state index in [1.807, 2.05) is 36.4 Å². The van der Waals surface area contributed by atoms with Crippen molar-refractivity contribution in [1.82, 2.24) is 4.98 Å². The number of hydrogen-bond acceptors (Lipinski definition) is 4. The number of hydrogen-bond donors (Lipinski definition) is 0.